The first-order valence-electron chi connectivity index (χ1n) is 10.6. The highest BCUT2D eigenvalue weighted by atomic mass is 16.5. The van der Waals surface area contributed by atoms with Gasteiger partial charge in [-0.2, -0.15) is 0 Å². The number of benzene rings is 2. The molecule has 0 aliphatic rings. The first-order chi connectivity index (χ1) is 16.4. The van der Waals surface area contributed by atoms with E-state index in [1.54, 1.807) is 24.3 Å². The van der Waals surface area contributed by atoms with Crippen molar-refractivity contribution in [3.63, 3.8) is 0 Å². The van der Waals surface area contributed by atoms with Crippen molar-refractivity contribution < 1.29 is 33.7 Å². The Bertz CT molecular complexity index is 1090. The maximum absolute atomic E-state index is 11.1. The first kappa shape index (κ1) is 28.8. The maximum Gasteiger partial charge on any atom is 0.308 e. The standard InChI is InChI=1S/C14H17NO4.C12H15NO3/c1-9(2)8-18-14-7-12(19-11(4)17)5-6-13(14)15-10(3)16;1-8(2)7-16-12-6-10(15)4-5-11(12)13-9(3)14/h5-7H,1,8H2,2-4H3,(H,15,16);4-6,15H,1,7H2,2-3H3,(H,13,14). The number of amides is 2. The summed E-state index contributed by atoms with van der Waals surface area (Å²) in [6, 6.07) is 9.28. The monoisotopic (exact) mass is 484 g/mol. The van der Waals surface area contributed by atoms with Gasteiger partial charge in [0.2, 0.25) is 11.8 Å². The highest BCUT2D eigenvalue weighted by molar-refractivity contribution is 5.91. The van der Waals surface area contributed by atoms with Gasteiger partial charge in [0.15, 0.2) is 0 Å². The van der Waals surface area contributed by atoms with Crippen molar-refractivity contribution in [2.45, 2.75) is 34.6 Å². The van der Waals surface area contributed by atoms with Crippen LogP contribution in [0.4, 0.5) is 11.4 Å². The van der Waals surface area contributed by atoms with Gasteiger partial charge in [0.25, 0.3) is 0 Å². The van der Waals surface area contributed by atoms with Crippen LogP contribution in [0.5, 0.6) is 23.0 Å². The number of carbonyl (C=O) groups excluding carboxylic acids is 3. The van der Waals surface area contributed by atoms with Crippen LogP contribution in [0.15, 0.2) is 60.7 Å². The molecule has 0 heterocycles. The minimum absolute atomic E-state index is 0.0887. The van der Waals surface area contributed by atoms with Gasteiger partial charge in [0.1, 0.15) is 36.2 Å². The van der Waals surface area contributed by atoms with Crippen LogP contribution < -0.4 is 24.8 Å². The third-order valence-electron chi connectivity index (χ3n) is 3.75. The van der Waals surface area contributed by atoms with Crippen molar-refractivity contribution in [3.05, 3.63) is 60.7 Å². The molecule has 188 valence electrons. The summed E-state index contributed by atoms with van der Waals surface area (Å²) in [6.45, 7) is 15.9. The molecule has 2 aromatic carbocycles. The molecule has 0 atom stereocenters. The first-order valence-corrected chi connectivity index (χ1v) is 10.6. The van der Waals surface area contributed by atoms with E-state index >= 15 is 0 Å². The average Bonchev–Trinajstić information content (AvgIpc) is 2.73. The topological polar surface area (TPSA) is 123 Å². The van der Waals surface area contributed by atoms with Crippen molar-refractivity contribution in [3.8, 4) is 23.0 Å². The number of phenols is 1. The van der Waals surface area contributed by atoms with Gasteiger partial charge in [-0.1, -0.05) is 13.2 Å². The minimum atomic E-state index is -0.418. The lowest BCUT2D eigenvalue weighted by molar-refractivity contribution is -0.132. The second kappa shape index (κ2) is 14.1. The van der Waals surface area contributed by atoms with E-state index in [9.17, 15) is 19.5 Å². The number of anilines is 2. The number of carbonyl (C=O) groups is 3. The largest absolute Gasteiger partial charge is 0.508 e. The van der Waals surface area contributed by atoms with Gasteiger partial charge in [0.05, 0.1) is 11.4 Å². The van der Waals surface area contributed by atoms with Crippen LogP contribution in [-0.4, -0.2) is 36.1 Å². The zero-order chi connectivity index (χ0) is 26.5. The lowest BCUT2D eigenvalue weighted by atomic mass is 10.2. The molecule has 0 aliphatic carbocycles. The number of aromatic hydroxyl groups is 1. The van der Waals surface area contributed by atoms with Gasteiger partial charge < -0.3 is 30.0 Å². The van der Waals surface area contributed by atoms with Crippen molar-refractivity contribution >= 4 is 29.2 Å². The fraction of sp³-hybridized carbons (Fsp3) is 0.269. The van der Waals surface area contributed by atoms with Crippen LogP contribution in [0.1, 0.15) is 34.6 Å². The third-order valence-corrected chi connectivity index (χ3v) is 3.75. The molecule has 9 nitrogen and oxygen atoms in total. The summed E-state index contributed by atoms with van der Waals surface area (Å²) in [7, 11) is 0. The molecule has 0 saturated heterocycles. The van der Waals surface area contributed by atoms with Crippen LogP contribution in [0.25, 0.3) is 0 Å². The van der Waals surface area contributed by atoms with E-state index in [0.29, 0.717) is 41.8 Å². The van der Waals surface area contributed by atoms with Gasteiger partial charge in [0, 0.05) is 32.9 Å². The van der Waals surface area contributed by atoms with Crippen molar-refractivity contribution in [2.75, 3.05) is 23.8 Å². The fourth-order valence-electron chi connectivity index (χ4n) is 2.47. The number of rotatable bonds is 9. The molecule has 0 unspecified atom stereocenters. The Morgan fingerprint density at radius 1 is 0.771 bits per heavy atom. The average molecular weight is 485 g/mol. The normalized spacial score (nSPS) is 9.63. The number of esters is 1. The van der Waals surface area contributed by atoms with Crippen LogP contribution in [0.3, 0.4) is 0 Å². The molecule has 0 aliphatic heterocycles. The summed E-state index contributed by atoms with van der Waals surface area (Å²) in [5.74, 6) is 0.490. The lowest BCUT2D eigenvalue weighted by Gasteiger charge is -2.13. The summed E-state index contributed by atoms with van der Waals surface area (Å²) >= 11 is 0. The van der Waals surface area contributed by atoms with Gasteiger partial charge >= 0.3 is 5.97 Å². The smallest absolute Gasteiger partial charge is 0.308 e. The maximum atomic E-state index is 11.1. The molecule has 0 spiro atoms. The molecule has 2 amide bonds. The van der Waals surface area contributed by atoms with Crippen LogP contribution in [0, 0.1) is 0 Å². The minimum Gasteiger partial charge on any atom is -0.508 e. The predicted octanol–water partition coefficient (Wildman–Crippen LogP) is 4.83. The summed E-state index contributed by atoms with van der Waals surface area (Å²) in [5.41, 5.74) is 2.75. The summed E-state index contributed by atoms with van der Waals surface area (Å²) in [6.07, 6.45) is 0. The van der Waals surface area contributed by atoms with Gasteiger partial charge in [-0.3, -0.25) is 14.4 Å². The number of nitrogens with one attached hydrogen (secondary N) is 2. The van der Waals surface area contributed by atoms with Crippen molar-refractivity contribution in [1.82, 2.24) is 0 Å². The Morgan fingerprint density at radius 2 is 1.23 bits per heavy atom. The number of phenolic OH excluding ortho intramolecular Hbond substituents is 1. The Kier molecular flexibility index (Phi) is 11.6. The Morgan fingerprint density at radius 3 is 1.66 bits per heavy atom. The molecule has 35 heavy (non-hydrogen) atoms. The van der Waals surface area contributed by atoms with E-state index in [-0.39, 0.29) is 17.6 Å². The van der Waals surface area contributed by atoms with E-state index < -0.39 is 5.97 Å². The van der Waals surface area contributed by atoms with Gasteiger partial charge in [-0.25, -0.2) is 0 Å². The van der Waals surface area contributed by atoms with Crippen LogP contribution >= 0.6 is 0 Å². The molecule has 0 radical (unpaired) electrons. The molecule has 3 N–H and O–H groups in total. The molecule has 0 aromatic heterocycles. The van der Waals surface area contributed by atoms with Gasteiger partial charge in [-0.15, -0.1) is 0 Å². The number of ether oxygens (including phenoxy) is 3. The third kappa shape index (κ3) is 12.0. The second-order valence-electron chi connectivity index (χ2n) is 7.79. The Balaban J connectivity index is 0.000000355. The SMILES string of the molecule is C=C(C)COc1cc(O)ccc1NC(C)=O.C=C(C)COc1cc(OC(C)=O)ccc1NC(C)=O. The van der Waals surface area contributed by atoms with Crippen molar-refractivity contribution in [1.29, 1.82) is 0 Å². The summed E-state index contributed by atoms with van der Waals surface area (Å²) < 4.78 is 15.9. The molecule has 2 rings (SSSR count). The summed E-state index contributed by atoms with van der Waals surface area (Å²) in [4.78, 5) is 32.9. The predicted molar refractivity (Wildman–Crippen MR) is 135 cm³/mol. The molecule has 0 bridgehead atoms. The molecule has 2 aromatic rings. The Labute approximate surface area is 205 Å². The molecule has 0 saturated carbocycles. The van der Waals surface area contributed by atoms with E-state index in [1.165, 1.54) is 32.9 Å². The highest BCUT2D eigenvalue weighted by Gasteiger charge is 2.09. The number of hydrogen-bond donors (Lipinski definition) is 3. The second-order valence-corrected chi connectivity index (χ2v) is 7.79. The highest BCUT2D eigenvalue weighted by Crippen LogP contribution is 2.30. The van der Waals surface area contributed by atoms with E-state index in [4.69, 9.17) is 14.2 Å². The molecular formula is C26H32N2O7. The molecule has 9 heteroatoms. The molecular weight excluding hydrogens is 452 g/mol. The van der Waals surface area contributed by atoms with Crippen molar-refractivity contribution in [2.24, 2.45) is 0 Å². The lowest BCUT2D eigenvalue weighted by Crippen LogP contribution is -2.09. The number of hydrogen-bond acceptors (Lipinski definition) is 7. The summed E-state index contributed by atoms with van der Waals surface area (Å²) in [5, 5.41) is 14.6. The van der Waals surface area contributed by atoms with E-state index in [1.807, 2.05) is 13.8 Å². The quantitative estimate of drug-likeness (QED) is 0.202. The van der Waals surface area contributed by atoms with Gasteiger partial charge in [-0.05, 0) is 49.3 Å². The van der Waals surface area contributed by atoms with E-state index in [2.05, 4.69) is 23.8 Å². The van der Waals surface area contributed by atoms with Crippen LogP contribution in [0.2, 0.25) is 0 Å². The molecule has 0 fully saturated rings. The zero-order valence-electron chi connectivity index (χ0n) is 20.7. The fourth-order valence-corrected chi connectivity index (χ4v) is 2.47. The zero-order valence-corrected chi connectivity index (χ0v) is 20.7. The Hall–Kier alpha value is -4.27. The van der Waals surface area contributed by atoms with Crippen LogP contribution in [-0.2, 0) is 14.4 Å². The van der Waals surface area contributed by atoms with E-state index in [0.717, 1.165) is 11.1 Å².